The number of hydrogen-bond donors (Lipinski definition) is 0. The van der Waals surface area contributed by atoms with Crippen molar-refractivity contribution in [2.45, 2.75) is 77.6 Å². The van der Waals surface area contributed by atoms with Crippen LogP contribution in [0.25, 0.3) is 5.57 Å². The van der Waals surface area contributed by atoms with Crippen molar-refractivity contribution in [1.29, 1.82) is 0 Å². The summed E-state index contributed by atoms with van der Waals surface area (Å²) in [6.45, 7) is 4.23. The molecule has 29 heavy (non-hydrogen) atoms. The molecule has 0 bridgehead atoms. The first-order chi connectivity index (χ1) is 14.1. The molecule has 4 rings (SSSR count). The van der Waals surface area contributed by atoms with Gasteiger partial charge in [0.2, 0.25) is 0 Å². The number of rotatable bonds is 5. The van der Waals surface area contributed by atoms with Crippen LogP contribution in [-0.4, -0.2) is 0 Å². The number of benzene rings is 2. The lowest BCUT2D eigenvalue weighted by atomic mass is 9.77. The first-order valence-electron chi connectivity index (χ1n) is 11.4. The van der Waals surface area contributed by atoms with Crippen LogP contribution in [0.2, 0.25) is 0 Å². The molecule has 2 aliphatic rings. The highest BCUT2D eigenvalue weighted by molar-refractivity contribution is 5.71. The molecule has 2 aromatic rings. The van der Waals surface area contributed by atoms with E-state index < -0.39 is 0 Å². The molecule has 2 aliphatic carbocycles. The summed E-state index contributed by atoms with van der Waals surface area (Å²) in [7, 11) is 0. The zero-order valence-corrected chi connectivity index (χ0v) is 17.7. The van der Waals surface area contributed by atoms with E-state index in [0.717, 1.165) is 33.7 Å². The highest BCUT2D eigenvalue weighted by Gasteiger charge is 2.24. The van der Waals surface area contributed by atoms with Crippen LogP contribution in [0, 0.1) is 17.6 Å². The minimum absolute atomic E-state index is 0.0743. The van der Waals surface area contributed by atoms with E-state index in [2.05, 4.69) is 13.0 Å². The van der Waals surface area contributed by atoms with Crippen molar-refractivity contribution in [3.8, 4) is 0 Å². The van der Waals surface area contributed by atoms with Crippen molar-refractivity contribution in [2.24, 2.45) is 5.92 Å². The van der Waals surface area contributed by atoms with Gasteiger partial charge in [0.15, 0.2) is 0 Å². The fourth-order valence-corrected chi connectivity index (χ4v) is 5.32. The van der Waals surface area contributed by atoms with E-state index >= 15 is 4.39 Å². The molecule has 2 heteroatoms. The van der Waals surface area contributed by atoms with Crippen molar-refractivity contribution < 1.29 is 8.78 Å². The molecule has 0 saturated heterocycles. The van der Waals surface area contributed by atoms with Crippen molar-refractivity contribution in [2.75, 3.05) is 0 Å². The molecule has 2 aromatic carbocycles. The van der Waals surface area contributed by atoms with Crippen molar-refractivity contribution in [1.82, 2.24) is 0 Å². The first kappa shape index (κ1) is 20.3. The van der Waals surface area contributed by atoms with E-state index in [1.54, 1.807) is 6.07 Å². The second kappa shape index (κ2) is 8.81. The van der Waals surface area contributed by atoms with Crippen LogP contribution in [0.3, 0.4) is 0 Å². The Labute approximate surface area is 174 Å². The van der Waals surface area contributed by atoms with Gasteiger partial charge in [0.25, 0.3) is 0 Å². The molecule has 1 fully saturated rings. The summed E-state index contributed by atoms with van der Waals surface area (Å²) < 4.78 is 29.6. The van der Waals surface area contributed by atoms with Crippen LogP contribution in [0.15, 0.2) is 36.4 Å². The smallest absolute Gasteiger partial charge is 0.130 e. The zero-order chi connectivity index (χ0) is 20.4. The Bertz CT molecular complexity index is 901. The fraction of sp³-hybridized carbons (Fsp3) is 0.481. The maximum atomic E-state index is 15.0. The molecule has 0 aromatic heterocycles. The molecular weight excluding hydrogens is 362 g/mol. The standard InChI is InChI=1S/C27H32F2/c1-3-5-18-6-8-20(9-7-18)21-12-14-24(26(28)17-21)22-13-15-25-23(16-22)11-10-19(4-2)27(25)29/h10-14,17-18,20H,3-9,15-16H2,1-2H3. The largest absolute Gasteiger partial charge is 0.206 e. The SMILES string of the molecule is CCCC1CCC(c2ccc(C3=CCc4c(ccc(CC)c4F)C3)c(F)c2)CC1. The van der Waals surface area contributed by atoms with Crippen molar-refractivity contribution in [3.63, 3.8) is 0 Å². The second-order valence-corrected chi connectivity index (χ2v) is 8.89. The van der Waals surface area contributed by atoms with Gasteiger partial charge in [-0.25, -0.2) is 8.78 Å². The lowest BCUT2D eigenvalue weighted by Gasteiger charge is -2.29. The lowest BCUT2D eigenvalue weighted by Crippen LogP contribution is -2.13. The third-order valence-corrected chi connectivity index (χ3v) is 7.09. The topological polar surface area (TPSA) is 0 Å². The van der Waals surface area contributed by atoms with Crippen molar-refractivity contribution >= 4 is 5.57 Å². The zero-order valence-electron chi connectivity index (χ0n) is 17.7. The summed E-state index contributed by atoms with van der Waals surface area (Å²) in [5.41, 5.74) is 5.36. The van der Waals surface area contributed by atoms with Gasteiger partial charge >= 0.3 is 0 Å². The Morgan fingerprint density at radius 1 is 0.966 bits per heavy atom. The van der Waals surface area contributed by atoms with Gasteiger partial charge < -0.3 is 0 Å². The van der Waals surface area contributed by atoms with E-state index in [1.807, 2.05) is 31.2 Å². The summed E-state index contributed by atoms with van der Waals surface area (Å²) in [5, 5.41) is 0. The average molecular weight is 395 g/mol. The number of hydrogen-bond acceptors (Lipinski definition) is 0. The minimum atomic E-state index is -0.126. The van der Waals surface area contributed by atoms with Gasteiger partial charge in [-0.15, -0.1) is 0 Å². The van der Waals surface area contributed by atoms with Gasteiger partial charge in [0.1, 0.15) is 11.6 Å². The monoisotopic (exact) mass is 394 g/mol. The Morgan fingerprint density at radius 3 is 2.45 bits per heavy atom. The minimum Gasteiger partial charge on any atom is -0.206 e. The van der Waals surface area contributed by atoms with Crippen LogP contribution >= 0.6 is 0 Å². The highest BCUT2D eigenvalue weighted by Crippen LogP contribution is 2.39. The summed E-state index contributed by atoms with van der Waals surface area (Å²) in [6.07, 6.45) is 11.4. The van der Waals surface area contributed by atoms with Gasteiger partial charge in [0.05, 0.1) is 0 Å². The molecular formula is C27H32F2. The van der Waals surface area contributed by atoms with Gasteiger partial charge in [0, 0.05) is 5.56 Å². The third-order valence-electron chi connectivity index (χ3n) is 7.09. The van der Waals surface area contributed by atoms with Crippen LogP contribution in [0.4, 0.5) is 8.78 Å². The van der Waals surface area contributed by atoms with Gasteiger partial charge in [-0.05, 0) is 90.7 Å². The van der Waals surface area contributed by atoms with E-state index in [9.17, 15) is 4.39 Å². The summed E-state index contributed by atoms with van der Waals surface area (Å²) in [4.78, 5) is 0. The summed E-state index contributed by atoms with van der Waals surface area (Å²) in [6, 6.07) is 9.74. The first-order valence-corrected chi connectivity index (χ1v) is 11.4. The molecule has 154 valence electrons. The predicted molar refractivity (Wildman–Crippen MR) is 117 cm³/mol. The van der Waals surface area contributed by atoms with Gasteiger partial charge in [-0.3, -0.25) is 0 Å². The normalized spacial score (nSPS) is 21.6. The molecule has 1 saturated carbocycles. The van der Waals surface area contributed by atoms with Crippen LogP contribution < -0.4 is 0 Å². The quantitative estimate of drug-likeness (QED) is 0.485. The lowest BCUT2D eigenvalue weighted by molar-refractivity contribution is 0.308. The third kappa shape index (κ3) is 4.17. The highest BCUT2D eigenvalue weighted by atomic mass is 19.1. The summed E-state index contributed by atoms with van der Waals surface area (Å²) in [5.74, 6) is 1.16. The van der Waals surface area contributed by atoms with Crippen LogP contribution in [0.5, 0.6) is 0 Å². The Hall–Kier alpha value is -1.96. The second-order valence-electron chi connectivity index (χ2n) is 8.89. The maximum absolute atomic E-state index is 15.0. The number of aryl methyl sites for hydroxylation is 1. The van der Waals surface area contributed by atoms with E-state index in [0.29, 0.717) is 30.7 Å². The molecule has 0 unspecified atom stereocenters. The summed E-state index contributed by atoms with van der Waals surface area (Å²) >= 11 is 0. The van der Waals surface area contributed by atoms with Gasteiger partial charge in [-0.2, -0.15) is 0 Å². The van der Waals surface area contributed by atoms with E-state index in [-0.39, 0.29) is 11.6 Å². The predicted octanol–water partition coefficient (Wildman–Crippen LogP) is 7.78. The molecule has 0 heterocycles. The Kier molecular flexibility index (Phi) is 6.18. The molecule has 0 radical (unpaired) electrons. The van der Waals surface area contributed by atoms with Crippen LogP contribution in [-0.2, 0) is 19.3 Å². The Morgan fingerprint density at radius 2 is 1.76 bits per heavy atom. The molecule has 0 atom stereocenters. The van der Waals surface area contributed by atoms with Gasteiger partial charge in [-0.1, -0.05) is 57.0 Å². The number of fused-ring (bicyclic) bond motifs is 1. The average Bonchev–Trinajstić information content (AvgIpc) is 2.74. The molecule has 0 spiro atoms. The number of allylic oxidation sites excluding steroid dienone is 2. The van der Waals surface area contributed by atoms with Crippen LogP contribution in [0.1, 0.15) is 86.1 Å². The molecule has 0 amide bonds. The fourth-order valence-electron chi connectivity index (χ4n) is 5.32. The maximum Gasteiger partial charge on any atom is 0.130 e. The van der Waals surface area contributed by atoms with E-state index in [1.165, 1.54) is 38.5 Å². The number of halogens is 2. The molecule has 0 nitrogen and oxygen atoms in total. The van der Waals surface area contributed by atoms with Crippen molar-refractivity contribution in [3.05, 3.63) is 75.9 Å². The molecule has 0 aliphatic heterocycles. The molecule has 0 N–H and O–H groups in total. The Balaban J connectivity index is 1.50. The van der Waals surface area contributed by atoms with E-state index in [4.69, 9.17) is 0 Å².